The van der Waals surface area contributed by atoms with Crippen molar-refractivity contribution >= 4 is 17.2 Å². The first-order valence-corrected chi connectivity index (χ1v) is 7.88. The van der Waals surface area contributed by atoms with Gasteiger partial charge in [-0.1, -0.05) is 0 Å². The Morgan fingerprint density at radius 1 is 1.32 bits per heavy atom. The van der Waals surface area contributed by atoms with Gasteiger partial charge in [-0.2, -0.15) is 4.98 Å². The number of carbonyl (C=O) groups excluding carboxylic acids is 1. The SMILES string of the molecule is Cc1cc(C)n(CC(=O)NC(C)c2nc(C)sc2C)c(=O)n1. The zero-order valence-corrected chi connectivity index (χ0v) is 14.2. The number of thiazole rings is 1. The number of hydrogen-bond donors (Lipinski definition) is 1. The number of nitrogens with zero attached hydrogens (tertiary/aromatic N) is 3. The van der Waals surface area contributed by atoms with Gasteiger partial charge in [0.1, 0.15) is 6.54 Å². The van der Waals surface area contributed by atoms with Gasteiger partial charge in [0.25, 0.3) is 0 Å². The Morgan fingerprint density at radius 3 is 2.55 bits per heavy atom. The topological polar surface area (TPSA) is 76.9 Å². The highest BCUT2D eigenvalue weighted by Gasteiger charge is 2.16. The molecule has 2 aromatic rings. The molecule has 0 radical (unpaired) electrons. The van der Waals surface area contributed by atoms with E-state index >= 15 is 0 Å². The summed E-state index contributed by atoms with van der Waals surface area (Å²) in [5.74, 6) is -0.228. The van der Waals surface area contributed by atoms with Crippen LogP contribution in [0, 0.1) is 27.7 Å². The molecule has 0 aliphatic carbocycles. The molecule has 1 amide bonds. The summed E-state index contributed by atoms with van der Waals surface area (Å²) in [6.45, 7) is 9.33. The fraction of sp³-hybridized carbons (Fsp3) is 0.467. The van der Waals surface area contributed by atoms with E-state index in [0.717, 1.165) is 21.3 Å². The molecule has 2 heterocycles. The van der Waals surface area contributed by atoms with E-state index in [1.807, 2.05) is 20.8 Å². The monoisotopic (exact) mass is 320 g/mol. The van der Waals surface area contributed by atoms with Gasteiger partial charge in [0.15, 0.2) is 0 Å². The second-order valence-electron chi connectivity index (χ2n) is 5.37. The van der Waals surface area contributed by atoms with Crippen LogP contribution in [0.4, 0.5) is 0 Å². The number of carbonyl (C=O) groups is 1. The minimum Gasteiger partial charge on any atom is -0.346 e. The van der Waals surface area contributed by atoms with Gasteiger partial charge in [0.2, 0.25) is 5.91 Å². The fourth-order valence-electron chi connectivity index (χ4n) is 2.41. The standard InChI is InChI=1S/C15H20N4O2S/c1-8-6-9(2)19(15(21)16-8)7-13(20)17-10(3)14-11(4)22-12(5)18-14/h6,10H,7H2,1-5H3,(H,17,20). The lowest BCUT2D eigenvalue weighted by atomic mass is 10.2. The van der Waals surface area contributed by atoms with Crippen molar-refractivity contribution in [1.82, 2.24) is 19.9 Å². The third kappa shape index (κ3) is 3.59. The number of rotatable bonds is 4. The number of aromatic nitrogens is 3. The summed E-state index contributed by atoms with van der Waals surface area (Å²) >= 11 is 1.61. The van der Waals surface area contributed by atoms with Crippen LogP contribution in [0.25, 0.3) is 0 Å². The van der Waals surface area contributed by atoms with Gasteiger partial charge in [-0.05, 0) is 40.7 Å². The van der Waals surface area contributed by atoms with E-state index in [9.17, 15) is 9.59 Å². The molecule has 6 nitrogen and oxygen atoms in total. The molecule has 22 heavy (non-hydrogen) atoms. The van der Waals surface area contributed by atoms with Gasteiger partial charge in [-0.3, -0.25) is 9.36 Å². The van der Waals surface area contributed by atoms with Crippen molar-refractivity contribution in [2.45, 2.75) is 47.2 Å². The second kappa shape index (κ2) is 6.39. The Kier molecular flexibility index (Phi) is 4.75. The van der Waals surface area contributed by atoms with E-state index < -0.39 is 5.69 Å². The van der Waals surface area contributed by atoms with E-state index in [1.54, 1.807) is 31.3 Å². The van der Waals surface area contributed by atoms with Crippen molar-refractivity contribution in [2.75, 3.05) is 0 Å². The van der Waals surface area contributed by atoms with Crippen molar-refractivity contribution in [3.05, 3.63) is 43.5 Å². The molecule has 0 fully saturated rings. The van der Waals surface area contributed by atoms with Crippen LogP contribution in [0.3, 0.4) is 0 Å². The number of hydrogen-bond acceptors (Lipinski definition) is 5. The van der Waals surface area contributed by atoms with Crippen molar-refractivity contribution in [2.24, 2.45) is 0 Å². The van der Waals surface area contributed by atoms with E-state index in [1.165, 1.54) is 4.57 Å². The first kappa shape index (κ1) is 16.4. The maximum absolute atomic E-state index is 12.2. The minimum atomic E-state index is -0.402. The highest BCUT2D eigenvalue weighted by atomic mass is 32.1. The summed E-state index contributed by atoms with van der Waals surface area (Å²) in [6, 6.07) is 1.60. The molecule has 0 aromatic carbocycles. The van der Waals surface area contributed by atoms with Gasteiger partial charge in [-0.25, -0.2) is 9.78 Å². The van der Waals surface area contributed by atoms with Gasteiger partial charge in [0, 0.05) is 16.3 Å². The lowest BCUT2D eigenvalue weighted by molar-refractivity contribution is -0.122. The van der Waals surface area contributed by atoms with Crippen LogP contribution in [0.2, 0.25) is 0 Å². The lowest BCUT2D eigenvalue weighted by Crippen LogP contribution is -2.36. The summed E-state index contributed by atoms with van der Waals surface area (Å²) in [5.41, 5.74) is 1.85. The molecular formula is C15H20N4O2S. The summed E-state index contributed by atoms with van der Waals surface area (Å²) in [7, 11) is 0. The molecule has 0 bridgehead atoms. The normalized spacial score (nSPS) is 12.2. The number of nitrogens with one attached hydrogen (secondary N) is 1. The van der Waals surface area contributed by atoms with Crippen molar-refractivity contribution in [1.29, 1.82) is 0 Å². The van der Waals surface area contributed by atoms with Gasteiger partial charge < -0.3 is 5.32 Å². The Balaban J connectivity index is 2.11. The van der Waals surface area contributed by atoms with Crippen LogP contribution in [0.1, 0.15) is 39.9 Å². The second-order valence-corrected chi connectivity index (χ2v) is 6.78. The zero-order chi connectivity index (χ0) is 16.4. The first-order chi connectivity index (χ1) is 10.3. The van der Waals surface area contributed by atoms with Crippen molar-refractivity contribution < 1.29 is 4.79 Å². The number of aryl methyl sites for hydroxylation is 4. The van der Waals surface area contributed by atoms with Crippen LogP contribution < -0.4 is 11.0 Å². The average Bonchev–Trinajstić information content (AvgIpc) is 2.73. The molecule has 7 heteroatoms. The average molecular weight is 320 g/mol. The Morgan fingerprint density at radius 2 is 2.00 bits per heavy atom. The quantitative estimate of drug-likeness (QED) is 0.932. The maximum atomic E-state index is 12.2. The summed E-state index contributed by atoms with van der Waals surface area (Å²) in [5, 5.41) is 3.86. The van der Waals surface area contributed by atoms with Crippen LogP contribution in [-0.2, 0) is 11.3 Å². The smallest absolute Gasteiger partial charge is 0.346 e. The molecule has 2 rings (SSSR count). The molecule has 1 N–H and O–H groups in total. The van der Waals surface area contributed by atoms with E-state index in [0.29, 0.717) is 5.69 Å². The Bertz CT molecular complexity index is 763. The summed E-state index contributed by atoms with van der Waals surface area (Å²) in [6.07, 6.45) is 0. The van der Waals surface area contributed by atoms with Crippen LogP contribution >= 0.6 is 11.3 Å². The molecule has 0 spiro atoms. The maximum Gasteiger partial charge on any atom is 0.348 e. The number of amides is 1. The molecule has 1 unspecified atom stereocenters. The van der Waals surface area contributed by atoms with E-state index in [4.69, 9.17) is 0 Å². The minimum absolute atomic E-state index is 0.0372. The van der Waals surface area contributed by atoms with Gasteiger partial charge in [0.05, 0.1) is 16.7 Å². The molecule has 1 atom stereocenters. The molecule has 0 aliphatic heterocycles. The molecule has 2 aromatic heterocycles. The highest BCUT2D eigenvalue weighted by Crippen LogP contribution is 2.22. The molecule has 0 saturated heterocycles. The third-order valence-electron chi connectivity index (χ3n) is 3.38. The van der Waals surface area contributed by atoms with Crippen LogP contribution in [0.15, 0.2) is 10.9 Å². The zero-order valence-electron chi connectivity index (χ0n) is 13.4. The first-order valence-electron chi connectivity index (χ1n) is 7.06. The van der Waals surface area contributed by atoms with E-state index in [-0.39, 0.29) is 18.5 Å². The van der Waals surface area contributed by atoms with Crippen LogP contribution in [-0.4, -0.2) is 20.4 Å². The predicted molar refractivity (Wildman–Crippen MR) is 86.1 cm³/mol. The predicted octanol–water partition coefficient (Wildman–Crippen LogP) is 1.81. The fourth-order valence-corrected chi connectivity index (χ4v) is 3.33. The lowest BCUT2D eigenvalue weighted by Gasteiger charge is -2.14. The van der Waals surface area contributed by atoms with E-state index in [2.05, 4.69) is 15.3 Å². The summed E-state index contributed by atoms with van der Waals surface area (Å²) in [4.78, 5) is 33.4. The van der Waals surface area contributed by atoms with Crippen molar-refractivity contribution in [3.8, 4) is 0 Å². The molecular weight excluding hydrogens is 300 g/mol. The third-order valence-corrected chi connectivity index (χ3v) is 4.28. The molecule has 0 aliphatic rings. The van der Waals surface area contributed by atoms with Crippen LogP contribution in [0.5, 0.6) is 0 Å². The van der Waals surface area contributed by atoms with Gasteiger partial charge in [-0.15, -0.1) is 11.3 Å². The summed E-state index contributed by atoms with van der Waals surface area (Å²) < 4.78 is 1.37. The Labute approximate surface area is 133 Å². The Hall–Kier alpha value is -2.02. The largest absolute Gasteiger partial charge is 0.348 e. The molecule has 0 saturated carbocycles. The van der Waals surface area contributed by atoms with Crippen molar-refractivity contribution in [3.63, 3.8) is 0 Å². The molecule has 118 valence electrons. The highest BCUT2D eigenvalue weighted by molar-refractivity contribution is 7.11. The van der Waals surface area contributed by atoms with Gasteiger partial charge >= 0.3 is 5.69 Å².